The number of hydrogen-bond acceptors (Lipinski definition) is 3. The van der Waals surface area contributed by atoms with Crippen molar-refractivity contribution >= 4 is 21.6 Å². The largest absolute Gasteiger partial charge is 0.325 e. The lowest BCUT2D eigenvalue weighted by atomic mass is 9.90. The molecule has 0 saturated carbocycles. The summed E-state index contributed by atoms with van der Waals surface area (Å²) in [7, 11) is -3.65. The van der Waals surface area contributed by atoms with E-state index < -0.39 is 10.0 Å². The molecule has 6 heteroatoms. The molecule has 1 aliphatic heterocycles. The van der Waals surface area contributed by atoms with Crippen LogP contribution in [0.4, 0.5) is 5.69 Å². The first kappa shape index (κ1) is 17.6. The number of rotatable bonds is 5. The van der Waals surface area contributed by atoms with Gasteiger partial charge in [-0.25, -0.2) is 13.1 Å². The number of nitrogens with one attached hydrogen (secondary N) is 2. The van der Waals surface area contributed by atoms with Crippen molar-refractivity contribution in [3.05, 3.63) is 59.2 Å². The van der Waals surface area contributed by atoms with Gasteiger partial charge in [0, 0.05) is 12.2 Å². The van der Waals surface area contributed by atoms with Crippen LogP contribution in [0.15, 0.2) is 47.4 Å². The molecule has 1 aliphatic rings. The van der Waals surface area contributed by atoms with Gasteiger partial charge in [-0.3, -0.25) is 4.79 Å². The number of carbonyl (C=O) groups excluding carboxylic acids is 1. The van der Waals surface area contributed by atoms with E-state index in [9.17, 15) is 13.2 Å². The summed E-state index contributed by atoms with van der Waals surface area (Å²) in [6.07, 6.45) is 0. The second-order valence-corrected chi connectivity index (χ2v) is 8.54. The predicted molar refractivity (Wildman–Crippen MR) is 97.9 cm³/mol. The van der Waals surface area contributed by atoms with Crippen LogP contribution in [0.25, 0.3) is 0 Å². The molecule has 2 N–H and O–H groups in total. The van der Waals surface area contributed by atoms with Gasteiger partial charge in [-0.15, -0.1) is 0 Å². The molecule has 1 unspecified atom stereocenters. The fraction of sp³-hybridized carbons (Fsp3) is 0.316. The molecule has 0 saturated heterocycles. The number of fused-ring (bicyclic) bond motifs is 1. The number of anilines is 1. The topological polar surface area (TPSA) is 75.3 Å². The summed E-state index contributed by atoms with van der Waals surface area (Å²) in [4.78, 5) is 12.3. The Morgan fingerprint density at radius 1 is 1.12 bits per heavy atom. The van der Waals surface area contributed by atoms with E-state index in [1.165, 1.54) is 6.07 Å². The lowest BCUT2D eigenvalue weighted by Gasteiger charge is -2.14. The van der Waals surface area contributed by atoms with Crippen molar-refractivity contribution in [1.29, 1.82) is 0 Å². The van der Waals surface area contributed by atoms with E-state index in [1.54, 1.807) is 12.1 Å². The molecule has 1 amide bonds. The van der Waals surface area contributed by atoms with Gasteiger partial charge in [0.2, 0.25) is 15.9 Å². The van der Waals surface area contributed by atoms with Crippen LogP contribution in [-0.2, 0) is 21.4 Å². The van der Waals surface area contributed by atoms with E-state index in [0.29, 0.717) is 5.69 Å². The summed E-state index contributed by atoms with van der Waals surface area (Å²) in [5, 5.41) is 2.82. The summed E-state index contributed by atoms with van der Waals surface area (Å²) >= 11 is 0. The molecule has 25 heavy (non-hydrogen) atoms. The van der Waals surface area contributed by atoms with Crippen molar-refractivity contribution in [2.45, 2.75) is 38.1 Å². The molecule has 0 aliphatic carbocycles. The minimum Gasteiger partial charge on any atom is -0.325 e. The number of amides is 1. The quantitative estimate of drug-likeness (QED) is 0.862. The first-order valence-electron chi connectivity index (χ1n) is 8.28. The number of carbonyl (C=O) groups is 1. The Balaban J connectivity index is 1.84. The standard InChI is InChI=1S/C19H22N2O3S/c1-12(2)18-16-10-15(8-9-17(16)21-19(18)22)25(23,24)20-11-14-6-4-13(3)5-7-14/h4-10,12,18,20H,11H2,1-3H3,(H,21,22). The third-order valence-electron chi connectivity index (χ3n) is 4.46. The molecule has 2 aromatic rings. The van der Waals surface area contributed by atoms with Gasteiger partial charge in [0.1, 0.15) is 0 Å². The van der Waals surface area contributed by atoms with E-state index in [4.69, 9.17) is 0 Å². The lowest BCUT2D eigenvalue weighted by molar-refractivity contribution is -0.117. The maximum absolute atomic E-state index is 12.6. The molecule has 5 nitrogen and oxygen atoms in total. The van der Waals surface area contributed by atoms with Crippen LogP contribution >= 0.6 is 0 Å². The molecule has 0 fully saturated rings. The predicted octanol–water partition coefficient (Wildman–Crippen LogP) is 3.17. The first-order chi connectivity index (χ1) is 11.8. The van der Waals surface area contributed by atoms with E-state index in [0.717, 1.165) is 16.7 Å². The van der Waals surface area contributed by atoms with Crippen LogP contribution in [-0.4, -0.2) is 14.3 Å². The van der Waals surface area contributed by atoms with Gasteiger partial charge in [-0.1, -0.05) is 43.7 Å². The van der Waals surface area contributed by atoms with Crippen LogP contribution in [0.5, 0.6) is 0 Å². The maximum Gasteiger partial charge on any atom is 0.240 e. The Kier molecular flexibility index (Phi) is 4.67. The molecule has 0 radical (unpaired) electrons. The van der Waals surface area contributed by atoms with Crippen molar-refractivity contribution in [2.24, 2.45) is 5.92 Å². The van der Waals surface area contributed by atoms with Crippen molar-refractivity contribution in [3.63, 3.8) is 0 Å². The molecule has 0 aromatic heterocycles. The van der Waals surface area contributed by atoms with Gasteiger partial charge in [-0.05, 0) is 42.2 Å². The number of aryl methyl sites for hydroxylation is 1. The minimum absolute atomic E-state index is 0.0767. The van der Waals surface area contributed by atoms with Crippen molar-refractivity contribution < 1.29 is 13.2 Å². The van der Waals surface area contributed by atoms with E-state index in [1.807, 2.05) is 45.0 Å². The fourth-order valence-corrected chi connectivity index (χ4v) is 4.11. The van der Waals surface area contributed by atoms with E-state index in [2.05, 4.69) is 10.0 Å². The molecule has 0 bridgehead atoms. The first-order valence-corrected chi connectivity index (χ1v) is 9.76. The van der Waals surface area contributed by atoms with Gasteiger partial charge in [0.25, 0.3) is 0 Å². The Bertz CT molecular complexity index is 903. The summed E-state index contributed by atoms with van der Waals surface area (Å²) in [5.41, 5.74) is 3.47. The Hall–Kier alpha value is -2.18. The third-order valence-corrected chi connectivity index (χ3v) is 5.86. The summed E-state index contributed by atoms with van der Waals surface area (Å²) in [6.45, 7) is 6.12. The Morgan fingerprint density at radius 3 is 2.44 bits per heavy atom. The van der Waals surface area contributed by atoms with Crippen molar-refractivity contribution in [2.75, 3.05) is 5.32 Å². The number of sulfonamides is 1. The zero-order chi connectivity index (χ0) is 18.2. The second kappa shape index (κ2) is 6.61. The van der Waals surface area contributed by atoms with Gasteiger partial charge < -0.3 is 5.32 Å². The number of hydrogen-bond donors (Lipinski definition) is 2. The fourth-order valence-electron chi connectivity index (χ4n) is 3.06. The van der Waals surface area contributed by atoms with Gasteiger partial charge in [0.05, 0.1) is 10.8 Å². The lowest BCUT2D eigenvalue weighted by Crippen LogP contribution is -2.23. The average molecular weight is 358 g/mol. The molecule has 132 valence electrons. The highest BCUT2D eigenvalue weighted by Crippen LogP contribution is 2.38. The highest BCUT2D eigenvalue weighted by atomic mass is 32.2. The van der Waals surface area contributed by atoms with Gasteiger partial charge in [-0.2, -0.15) is 0 Å². The van der Waals surface area contributed by atoms with Crippen LogP contribution in [0.2, 0.25) is 0 Å². The monoisotopic (exact) mass is 358 g/mol. The van der Waals surface area contributed by atoms with Gasteiger partial charge in [0.15, 0.2) is 0 Å². The smallest absolute Gasteiger partial charge is 0.240 e. The zero-order valence-electron chi connectivity index (χ0n) is 14.5. The molecular weight excluding hydrogens is 336 g/mol. The molecule has 1 heterocycles. The molecular formula is C19H22N2O3S. The summed E-state index contributed by atoms with van der Waals surface area (Å²) < 4.78 is 27.9. The highest BCUT2D eigenvalue weighted by Gasteiger charge is 2.33. The Morgan fingerprint density at radius 2 is 1.80 bits per heavy atom. The summed E-state index contributed by atoms with van der Waals surface area (Å²) in [5.74, 6) is -0.297. The summed E-state index contributed by atoms with van der Waals surface area (Å²) in [6, 6.07) is 12.5. The number of benzene rings is 2. The zero-order valence-corrected chi connectivity index (χ0v) is 15.4. The molecule has 3 rings (SSSR count). The van der Waals surface area contributed by atoms with Crippen LogP contribution < -0.4 is 10.0 Å². The Labute approximate surface area is 148 Å². The molecule has 2 aromatic carbocycles. The van der Waals surface area contributed by atoms with E-state index >= 15 is 0 Å². The van der Waals surface area contributed by atoms with Crippen molar-refractivity contribution in [1.82, 2.24) is 4.72 Å². The molecule has 1 atom stereocenters. The van der Waals surface area contributed by atoms with Crippen molar-refractivity contribution in [3.8, 4) is 0 Å². The second-order valence-electron chi connectivity index (χ2n) is 6.77. The highest BCUT2D eigenvalue weighted by molar-refractivity contribution is 7.89. The third kappa shape index (κ3) is 3.60. The van der Waals surface area contributed by atoms with Crippen LogP contribution in [0.1, 0.15) is 36.5 Å². The van der Waals surface area contributed by atoms with E-state index in [-0.39, 0.29) is 29.2 Å². The average Bonchev–Trinajstić information content (AvgIpc) is 2.89. The molecule has 0 spiro atoms. The SMILES string of the molecule is Cc1ccc(CNS(=O)(=O)c2ccc3c(c2)C(C(C)C)C(=O)N3)cc1. The van der Waals surface area contributed by atoms with Crippen LogP contribution in [0, 0.1) is 12.8 Å². The van der Waals surface area contributed by atoms with Gasteiger partial charge >= 0.3 is 0 Å². The maximum atomic E-state index is 12.6. The van der Waals surface area contributed by atoms with Crippen LogP contribution in [0.3, 0.4) is 0 Å². The minimum atomic E-state index is -3.65. The normalized spacial score (nSPS) is 16.8.